The van der Waals surface area contributed by atoms with Gasteiger partial charge in [-0.25, -0.2) is 4.98 Å². The number of amides is 1. The molecule has 1 fully saturated rings. The summed E-state index contributed by atoms with van der Waals surface area (Å²) in [6.07, 6.45) is -0.191. The predicted molar refractivity (Wildman–Crippen MR) is 93.9 cm³/mol. The van der Waals surface area contributed by atoms with E-state index in [1.54, 1.807) is 4.90 Å². The highest BCUT2D eigenvalue weighted by Gasteiger charge is 2.27. The molecule has 2 aromatic rings. The van der Waals surface area contributed by atoms with Gasteiger partial charge in [-0.15, -0.1) is 0 Å². The Morgan fingerprint density at radius 1 is 1.44 bits per heavy atom. The number of nitrogens with one attached hydrogen (secondary N) is 1. The number of aryl methyl sites for hydroxylation is 1. The summed E-state index contributed by atoms with van der Waals surface area (Å²) in [6.45, 7) is 6.21. The second kappa shape index (κ2) is 7.76. The van der Waals surface area contributed by atoms with E-state index in [-0.39, 0.29) is 18.1 Å². The highest BCUT2D eigenvalue weighted by Crippen LogP contribution is 2.21. The number of carbonyl (C=O) groups excluding carboxylic acids is 1. The number of carbonyl (C=O) groups is 1. The zero-order valence-corrected chi connectivity index (χ0v) is 15.0. The second-order valence-corrected chi connectivity index (χ2v) is 6.46. The Morgan fingerprint density at radius 2 is 2.20 bits per heavy atom. The topological polar surface area (TPSA) is 74.3 Å². The van der Waals surface area contributed by atoms with Crippen molar-refractivity contribution in [2.75, 3.05) is 33.3 Å². The molecule has 2 heterocycles. The molecule has 134 valence electrons. The third-order valence-electron chi connectivity index (χ3n) is 4.67. The van der Waals surface area contributed by atoms with Gasteiger partial charge in [-0.2, -0.15) is 5.10 Å². The highest BCUT2D eigenvalue weighted by atomic mass is 16.5. The molecule has 1 aromatic carbocycles. The monoisotopic (exact) mass is 343 g/mol. The first-order valence-electron chi connectivity index (χ1n) is 8.58. The number of benzene rings is 1. The summed E-state index contributed by atoms with van der Waals surface area (Å²) in [5.74, 6) is 1.52. The molecule has 0 bridgehead atoms. The zero-order chi connectivity index (χ0) is 17.8. The van der Waals surface area contributed by atoms with E-state index in [1.165, 1.54) is 0 Å². The van der Waals surface area contributed by atoms with Crippen molar-refractivity contribution in [3.8, 4) is 0 Å². The molecule has 1 aliphatic rings. The van der Waals surface area contributed by atoms with E-state index < -0.39 is 0 Å². The average Bonchev–Trinajstić information content (AvgIpc) is 3.08. The van der Waals surface area contributed by atoms with Gasteiger partial charge in [-0.05, 0) is 19.4 Å². The van der Waals surface area contributed by atoms with Gasteiger partial charge < -0.3 is 9.64 Å². The summed E-state index contributed by atoms with van der Waals surface area (Å²) in [6, 6.07) is 10.1. The Kier molecular flexibility index (Phi) is 5.45. The lowest BCUT2D eigenvalue weighted by molar-refractivity contribution is -0.135. The van der Waals surface area contributed by atoms with Crippen LogP contribution in [0.15, 0.2) is 30.3 Å². The SMILES string of the molecule is Cc1nc([C@@H]2CN(CC(=O)N(C)[C@@H](C)c3ccccc3)CCO2)n[nH]1. The van der Waals surface area contributed by atoms with Gasteiger partial charge in [-0.3, -0.25) is 14.8 Å². The number of hydrogen-bond donors (Lipinski definition) is 1. The molecule has 1 amide bonds. The van der Waals surface area contributed by atoms with E-state index in [9.17, 15) is 4.79 Å². The van der Waals surface area contributed by atoms with E-state index >= 15 is 0 Å². The van der Waals surface area contributed by atoms with Crippen molar-refractivity contribution < 1.29 is 9.53 Å². The maximum Gasteiger partial charge on any atom is 0.236 e. The van der Waals surface area contributed by atoms with E-state index in [0.717, 1.165) is 17.9 Å². The van der Waals surface area contributed by atoms with Crippen LogP contribution in [0.5, 0.6) is 0 Å². The van der Waals surface area contributed by atoms with Gasteiger partial charge in [0.2, 0.25) is 5.91 Å². The van der Waals surface area contributed by atoms with Crippen molar-refractivity contribution in [3.63, 3.8) is 0 Å². The fraction of sp³-hybridized carbons (Fsp3) is 0.500. The van der Waals surface area contributed by atoms with Crippen LogP contribution in [0.4, 0.5) is 0 Å². The number of rotatable bonds is 5. The van der Waals surface area contributed by atoms with Crippen LogP contribution in [0.2, 0.25) is 0 Å². The lowest BCUT2D eigenvalue weighted by Gasteiger charge is -2.33. The van der Waals surface area contributed by atoms with Gasteiger partial charge in [0.15, 0.2) is 5.82 Å². The van der Waals surface area contributed by atoms with Gasteiger partial charge in [0.05, 0.1) is 19.2 Å². The van der Waals surface area contributed by atoms with Crippen LogP contribution in [0, 0.1) is 6.92 Å². The quantitative estimate of drug-likeness (QED) is 0.894. The lowest BCUT2D eigenvalue weighted by Crippen LogP contribution is -2.45. The minimum Gasteiger partial charge on any atom is -0.367 e. The van der Waals surface area contributed by atoms with Crippen molar-refractivity contribution >= 4 is 5.91 Å². The Morgan fingerprint density at radius 3 is 2.88 bits per heavy atom. The molecule has 0 unspecified atom stereocenters. The van der Waals surface area contributed by atoms with Crippen LogP contribution in [0.3, 0.4) is 0 Å². The molecule has 1 saturated heterocycles. The van der Waals surface area contributed by atoms with E-state index in [0.29, 0.717) is 25.5 Å². The Bertz CT molecular complexity index is 703. The van der Waals surface area contributed by atoms with E-state index in [2.05, 4.69) is 20.1 Å². The van der Waals surface area contributed by atoms with Gasteiger partial charge in [0.1, 0.15) is 11.9 Å². The Hall–Kier alpha value is -2.25. The van der Waals surface area contributed by atoms with Crippen LogP contribution in [-0.4, -0.2) is 64.2 Å². The average molecular weight is 343 g/mol. The third kappa shape index (κ3) is 4.24. The normalized spacial score (nSPS) is 19.6. The molecule has 7 nitrogen and oxygen atoms in total. The molecular formula is C18H25N5O2. The summed E-state index contributed by atoms with van der Waals surface area (Å²) in [7, 11) is 1.86. The maximum absolute atomic E-state index is 12.7. The number of hydrogen-bond acceptors (Lipinski definition) is 5. The number of aromatic nitrogens is 3. The molecule has 0 saturated carbocycles. The van der Waals surface area contributed by atoms with Crippen LogP contribution in [-0.2, 0) is 9.53 Å². The molecule has 1 aliphatic heterocycles. The molecule has 1 N–H and O–H groups in total. The first-order chi connectivity index (χ1) is 12.0. The van der Waals surface area contributed by atoms with Crippen LogP contribution < -0.4 is 0 Å². The Balaban J connectivity index is 1.58. The van der Waals surface area contributed by atoms with E-state index in [4.69, 9.17) is 4.74 Å². The largest absolute Gasteiger partial charge is 0.367 e. The summed E-state index contributed by atoms with van der Waals surface area (Å²) < 4.78 is 5.75. The first kappa shape index (κ1) is 17.6. The zero-order valence-electron chi connectivity index (χ0n) is 15.0. The second-order valence-electron chi connectivity index (χ2n) is 6.46. The number of aromatic amines is 1. The smallest absolute Gasteiger partial charge is 0.236 e. The molecule has 0 aliphatic carbocycles. The van der Waals surface area contributed by atoms with Crippen LogP contribution in [0.1, 0.15) is 36.3 Å². The third-order valence-corrected chi connectivity index (χ3v) is 4.67. The van der Waals surface area contributed by atoms with Crippen molar-refractivity contribution in [2.24, 2.45) is 0 Å². The van der Waals surface area contributed by atoms with Gasteiger partial charge >= 0.3 is 0 Å². The van der Waals surface area contributed by atoms with Crippen molar-refractivity contribution in [1.29, 1.82) is 0 Å². The van der Waals surface area contributed by atoms with Crippen molar-refractivity contribution in [1.82, 2.24) is 25.0 Å². The van der Waals surface area contributed by atoms with Crippen LogP contribution >= 0.6 is 0 Å². The molecule has 25 heavy (non-hydrogen) atoms. The number of nitrogens with zero attached hydrogens (tertiary/aromatic N) is 4. The summed E-state index contributed by atoms with van der Waals surface area (Å²) in [5.41, 5.74) is 1.13. The first-order valence-corrected chi connectivity index (χ1v) is 8.58. The van der Waals surface area contributed by atoms with Crippen molar-refractivity contribution in [3.05, 3.63) is 47.5 Å². The molecule has 1 aromatic heterocycles. The van der Waals surface area contributed by atoms with Gasteiger partial charge in [0.25, 0.3) is 0 Å². The summed E-state index contributed by atoms with van der Waals surface area (Å²) in [4.78, 5) is 20.9. The van der Waals surface area contributed by atoms with Crippen LogP contribution in [0.25, 0.3) is 0 Å². The predicted octanol–water partition coefficient (Wildman–Crippen LogP) is 1.71. The van der Waals surface area contributed by atoms with E-state index in [1.807, 2.05) is 51.2 Å². The molecule has 0 radical (unpaired) electrons. The summed E-state index contributed by atoms with van der Waals surface area (Å²) >= 11 is 0. The number of H-pyrrole nitrogens is 1. The molecular weight excluding hydrogens is 318 g/mol. The number of likely N-dealkylation sites (N-methyl/N-ethyl adjacent to an activating group) is 1. The fourth-order valence-electron chi connectivity index (χ4n) is 2.98. The molecule has 3 rings (SSSR count). The molecule has 0 spiro atoms. The minimum absolute atomic E-state index is 0.0428. The standard InChI is InChI=1S/C18H25N5O2/c1-13(15-7-5-4-6-8-15)22(3)17(24)12-23-9-10-25-16(11-23)18-19-14(2)20-21-18/h4-8,13,16H,9-12H2,1-3H3,(H,19,20,21)/t13-,16-/m0/s1. The van der Waals surface area contributed by atoms with Gasteiger partial charge in [-0.1, -0.05) is 30.3 Å². The maximum atomic E-state index is 12.7. The minimum atomic E-state index is -0.191. The summed E-state index contributed by atoms with van der Waals surface area (Å²) in [5, 5.41) is 7.01. The molecule has 7 heteroatoms. The number of ether oxygens (including phenoxy) is 1. The lowest BCUT2D eigenvalue weighted by atomic mass is 10.1. The Labute approximate surface area is 148 Å². The highest BCUT2D eigenvalue weighted by molar-refractivity contribution is 5.78. The number of morpholine rings is 1. The van der Waals surface area contributed by atoms with Crippen molar-refractivity contribution in [2.45, 2.75) is 26.0 Å². The fourth-order valence-corrected chi connectivity index (χ4v) is 2.98. The van der Waals surface area contributed by atoms with Gasteiger partial charge in [0, 0.05) is 20.1 Å². The molecule has 2 atom stereocenters.